The summed E-state index contributed by atoms with van der Waals surface area (Å²) >= 11 is 0. The van der Waals surface area contributed by atoms with Gasteiger partial charge in [0.15, 0.2) is 0 Å². The van der Waals surface area contributed by atoms with E-state index in [1.807, 2.05) is 31.2 Å². The molecular weight excluding hydrogens is 436 g/mol. The number of nitro benzene ring substituents is 1. The van der Waals surface area contributed by atoms with Crippen LogP contribution in [0.15, 0.2) is 42.7 Å². The van der Waals surface area contributed by atoms with Crippen molar-refractivity contribution in [2.75, 3.05) is 56.6 Å². The molecule has 1 aliphatic rings. The van der Waals surface area contributed by atoms with Gasteiger partial charge in [-0.05, 0) is 37.1 Å². The van der Waals surface area contributed by atoms with Gasteiger partial charge in [-0.3, -0.25) is 15.0 Å². The van der Waals surface area contributed by atoms with E-state index >= 15 is 0 Å². The van der Waals surface area contributed by atoms with Gasteiger partial charge in [0.05, 0.1) is 30.3 Å². The molecule has 34 heavy (non-hydrogen) atoms. The van der Waals surface area contributed by atoms with Gasteiger partial charge in [0.25, 0.3) is 5.69 Å². The van der Waals surface area contributed by atoms with Crippen LogP contribution in [0.25, 0.3) is 10.9 Å². The summed E-state index contributed by atoms with van der Waals surface area (Å²) in [7, 11) is 0. The quantitative estimate of drug-likeness (QED) is 0.248. The Bertz CT molecular complexity index is 1100. The summed E-state index contributed by atoms with van der Waals surface area (Å²) in [5.74, 6) is 1.39. The van der Waals surface area contributed by atoms with Crippen LogP contribution in [0.5, 0.6) is 5.75 Å². The van der Waals surface area contributed by atoms with Crippen molar-refractivity contribution in [3.05, 3.63) is 58.4 Å². The van der Waals surface area contributed by atoms with E-state index in [2.05, 4.69) is 25.5 Å². The van der Waals surface area contributed by atoms with Gasteiger partial charge in [0.2, 0.25) is 0 Å². The SMILES string of the molecule is CCNc1cc2ncnc(NCc3ccc(OCCCN4CCOCC4)cc3)c2cc1[N+](=O)[O-]. The fourth-order valence-electron chi connectivity index (χ4n) is 3.91. The minimum Gasteiger partial charge on any atom is -0.494 e. The summed E-state index contributed by atoms with van der Waals surface area (Å²) in [6.45, 7) is 8.30. The van der Waals surface area contributed by atoms with Crippen LogP contribution in [0.1, 0.15) is 18.9 Å². The summed E-state index contributed by atoms with van der Waals surface area (Å²) in [4.78, 5) is 22.1. The zero-order valence-corrected chi connectivity index (χ0v) is 19.3. The van der Waals surface area contributed by atoms with Crippen molar-refractivity contribution in [1.82, 2.24) is 14.9 Å². The highest BCUT2D eigenvalue weighted by atomic mass is 16.6. The third-order valence-corrected chi connectivity index (χ3v) is 5.69. The van der Waals surface area contributed by atoms with Crippen LogP contribution in [0.2, 0.25) is 0 Å². The molecule has 0 spiro atoms. The van der Waals surface area contributed by atoms with Crippen LogP contribution in [0.3, 0.4) is 0 Å². The Morgan fingerprint density at radius 1 is 1.15 bits per heavy atom. The maximum absolute atomic E-state index is 11.5. The predicted octanol–water partition coefficient (Wildman–Crippen LogP) is 3.68. The van der Waals surface area contributed by atoms with E-state index in [0.717, 1.165) is 50.6 Å². The van der Waals surface area contributed by atoms with Crippen molar-refractivity contribution in [2.45, 2.75) is 19.9 Å². The molecule has 4 rings (SSSR count). The second-order valence-electron chi connectivity index (χ2n) is 8.05. The number of hydrogen-bond acceptors (Lipinski definition) is 9. The number of nitrogens with zero attached hydrogens (tertiary/aromatic N) is 4. The van der Waals surface area contributed by atoms with Gasteiger partial charge in [0.1, 0.15) is 23.6 Å². The number of nitrogens with one attached hydrogen (secondary N) is 2. The lowest BCUT2D eigenvalue weighted by molar-refractivity contribution is -0.383. The lowest BCUT2D eigenvalue weighted by Gasteiger charge is -2.26. The first-order chi connectivity index (χ1) is 16.6. The largest absolute Gasteiger partial charge is 0.494 e. The number of benzene rings is 2. The summed E-state index contributed by atoms with van der Waals surface area (Å²) in [6.07, 6.45) is 2.44. The molecule has 2 heterocycles. The average molecular weight is 467 g/mol. The molecule has 0 saturated carbocycles. The topological polar surface area (TPSA) is 115 Å². The second kappa shape index (κ2) is 11.6. The Hall–Kier alpha value is -3.50. The van der Waals surface area contributed by atoms with E-state index in [1.165, 1.54) is 12.4 Å². The fraction of sp³-hybridized carbons (Fsp3) is 0.417. The van der Waals surface area contributed by atoms with Gasteiger partial charge < -0.3 is 20.1 Å². The standard InChI is InChI=1S/C24H30N6O4/c1-2-25-22-15-21-20(14-23(22)30(31)32)24(28-17-27-21)26-16-18-4-6-19(7-5-18)34-11-3-8-29-9-12-33-13-10-29/h4-7,14-15,17,25H,2-3,8-13,16H2,1H3,(H,26,27,28). The summed E-state index contributed by atoms with van der Waals surface area (Å²) in [6, 6.07) is 11.1. The van der Waals surface area contributed by atoms with Crippen molar-refractivity contribution < 1.29 is 14.4 Å². The molecule has 0 unspecified atom stereocenters. The van der Waals surface area contributed by atoms with Gasteiger partial charge >= 0.3 is 0 Å². The zero-order valence-electron chi connectivity index (χ0n) is 19.3. The number of ether oxygens (including phenoxy) is 2. The minimum absolute atomic E-state index is 0.00215. The van der Waals surface area contributed by atoms with E-state index in [4.69, 9.17) is 9.47 Å². The molecule has 3 aromatic rings. The maximum Gasteiger partial charge on any atom is 0.293 e. The monoisotopic (exact) mass is 466 g/mol. The molecule has 1 aliphatic heterocycles. The van der Waals surface area contributed by atoms with Gasteiger partial charge in [-0.15, -0.1) is 0 Å². The molecule has 1 saturated heterocycles. The van der Waals surface area contributed by atoms with E-state index in [1.54, 1.807) is 6.07 Å². The number of anilines is 2. The molecule has 0 aliphatic carbocycles. The van der Waals surface area contributed by atoms with Crippen molar-refractivity contribution in [1.29, 1.82) is 0 Å². The van der Waals surface area contributed by atoms with E-state index in [-0.39, 0.29) is 5.69 Å². The van der Waals surface area contributed by atoms with E-state index in [0.29, 0.717) is 42.1 Å². The number of hydrogen-bond donors (Lipinski definition) is 2. The Labute approximate surface area is 198 Å². The molecular formula is C24H30N6O4. The first-order valence-electron chi connectivity index (χ1n) is 11.6. The highest BCUT2D eigenvalue weighted by molar-refractivity contribution is 5.94. The Morgan fingerprint density at radius 3 is 2.68 bits per heavy atom. The van der Waals surface area contributed by atoms with Crippen molar-refractivity contribution in [3.63, 3.8) is 0 Å². The molecule has 2 aromatic carbocycles. The average Bonchev–Trinajstić information content (AvgIpc) is 2.86. The number of fused-ring (bicyclic) bond motifs is 1. The van der Waals surface area contributed by atoms with E-state index < -0.39 is 4.92 Å². The van der Waals surface area contributed by atoms with Crippen molar-refractivity contribution >= 4 is 28.1 Å². The van der Waals surface area contributed by atoms with Crippen LogP contribution in [0, 0.1) is 10.1 Å². The zero-order chi connectivity index (χ0) is 23.8. The fourth-order valence-corrected chi connectivity index (χ4v) is 3.91. The van der Waals surface area contributed by atoms with Crippen LogP contribution in [0.4, 0.5) is 17.2 Å². The lowest BCUT2D eigenvalue weighted by atomic mass is 10.1. The molecule has 1 aromatic heterocycles. The van der Waals surface area contributed by atoms with Crippen LogP contribution < -0.4 is 15.4 Å². The van der Waals surface area contributed by atoms with Gasteiger partial charge in [-0.25, -0.2) is 9.97 Å². The lowest BCUT2D eigenvalue weighted by Crippen LogP contribution is -2.37. The molecule has 10 heteroatoms. The smallest absolute Gasteiger partial charge is 0.293 e. The van der Waals surface area contributed by atoms with Gasteiger partial charge in [-0.2, -0.15) is 0 Å². The summed E-state index contributed by atoms with van der Waals surface area (Å²) in [5, 5.41) is 18.4. The van der Waals surface area contributed by atoms with Crippen LogP contribution in [-0.4, -0.2) is 65.8 Å². The molecule has 0 radical (unpaired) electrons. The van der Waals surface area contributed by atoms with Gasteiger partial charge in [-0.1, -0.05) is 12.1 Å². The molecule has 1 fully saturated rings. The number of morpholine rings is 1. The van der Waals surface area contributed by atoms with Crippen LogP contribution >= 0.6 is 0 Å². The number of nitro groups is 1. The van der Waals surface area contributed by atoms with E-state index in [9.17, 15) is 10.1 Å². The first-order valence-corrected chi connectivity index (χ1v) is 11.6. The minimum atomic E-state index is -0.395. The normalized spacial score (nSPS) is 14.1. The number of rotatable bonds is 11. The summed E-state index contributed by atoms with van der Waals surface area (Å²) < 4.78 is 11.2. The Balaban J connectivity index is 1.34. The van der Waals surface area contributed by atoms with Crippen molar-refractivity contribution in [2.24, 2.45) is 0 Å². The highest BCUT2D eigenvalue weighted by Gasteiger charge is 2.17. The van der Waals surface area contributed by atoms with Gasteiger partial charge in [0, 0.05) is 44.2 Å². The molecule has 0 atom stereocenters. The first kappa shape index (κ1) is 23.7. The molecule has 180 valence electrons. The maximum atomic E-state index is 11.5. The van der Waals surface area contributed by atoms with Crippen LogP contribution in [-0.2, 0) is 11.3 Å². The molecule has 10 nitrogen and oxygen atoms in total. The molecule has 0 amide bonds. The molecule has 0 bridgehead atoms. The molecule has 2 N–H and O–H groups in total. The second-order valence-corrected chi connectivity index (χ2v) is 8.05. The summed E-state index contributed by atoms with van der Waals surface area (Å²) in [5.41, 5.74) is 2.14. The Morgan fingerprint density at radius 2 is 1.94 bits per heavy atom. The highest BCUT2D eigenvalue weighted by Crippen LogP contribution is 2.32. The number of aromatic nitrogens is 2. The van der Waals surface area contributed by atoms with Crippen molar-refractivity contribution in [3.8, 4) is 5.75 Å². The third kappa shape index (κ3) is 6.09. The third-order valence-electron chi connectivity index (χ3n) is 5.69. The predicted molar refractivity (Wildman–Crippen MR) is 131 cm³/mol. The Kier molecular flexibility index (Phi) is 8.05.